The van der Waals surface area contributed by atoms with Crippen LogP contribution in [0.2, 0.25) is 0 Å². The first kappa shape index (κ1) is 29.2. The lowest BCUT2D eigenvalue weighted by Crippen LogP contribution is -2.03. The van der Waals surface area contributed by atoms with Gasteiger partial charge < -0.3 is 14.8 Å². The Balaban J connectivity index is 0.00000127. The first-order valence-corrected chi connectivity index (χ1v) is 14.6. The molecule has 4 nitrogen and oxygen atoms in total. The molecule has 0 aliphatic heterocycles. The Labute approximate surface area is 232 Å². The summed E-state index contributed by atoms with van der Waals surface area (Å²) in [5.74, 6) is 4.20. The van der Waals surface area contributed by atoms with E-state index in [9.17, 15) is 4.79 Å². The van der Waals surface area contributed by atoms with E-state index >= 15 is 0 Å². The number of aryl methyl sites for hydroxylation is 3. The summed E-state index contributed by atoms with van der Waals surface area (Å²) in [6.07, 6.45) is 12.3. The molecule has 38 heavy (non-hydrogen) atoms. The van der Waals surface area contributed by atoms with E-state index in [1.54, 1.807) is 6.92 Å². The highest BCUT2D eigenvalue weighted by Gasteiger charge is 2.16. The van der Waals surface area contributed by atoms with Crippen molar-refractivity contribution in [3.63, 3.8) is 0 Å². The average Bonchev–Trinajstić information content (AvgIpc) is 3.12. The van der Waals surface area contributed by atoms with E-state index in [1.165, 1.54) is 34.9 Å². The van der Waals surface area contributed by atoms with Crippen LogP contribution in [0.25, 0.3) is 11.1 Å². The number of nitrogens with one attached hydrogen (secondary N) is 1. The van der Waals surface area contributed by atoms with Crippen LogP contribution in [-0.2, 0) is 35.3 Å². The third kappa shape index (κ3) is 8.89. The van der Waals surface area contributed by atoms with Crippen molar-refractivity contribution in [3.8, 4) is 29.2 Å². The molecule has 3 aromatic rings. The van der Waals surface area contributed by atoms with Crippen molar-refractivity contribution in [2.45, 2.75) is 52.0 Å². The van der Waals surface area contributed by atoms with Gasteiger partial charge in [0.1, 0.15) is 5.75 Å². The van der Waals surface area contributed by atoms with Gasteiger partial charge in [-0.25, -0.2) is 0 Å². The van der Waals surface area contributed by atoms with E-state index in [0.29, 0.717) is 12.8 Å². The Kier molecular flexibility index (Phi) is 12.1. The zero-order valence-electron chi connectivity index (χ0n) is 22.8. The van der Waals surface area contributed by atoms with Crippen LogP contribution in [0, 0.1) is 12.3 Å². The van der Waals surface area contributed by atoms with Crippen molar-refractivity contribution < 1.29 is 14.3 Å². The second-order valence-corrected chi connectivity index (χ2v) is 10.3. The van der Waals surface area contributed by atoms with E-state index in [1.807, 2.05) is 11.8 Å². The minimum Gasteiger partial charge on any atom is -0.494 e. The van der Waals surface area contributed by atoms with Gasteiger partial charge in [0.25, 0.3) is 0 Å². The second kappa shape index (κ2) is 15.8. The molecule has 0 amide bonds. The molecule has 0 bridgehead atoms. The summed E-state index contributed by atoms with van der Waals surface area (Å²) >= 11 is 1.86. The highest BCUT2D eigenvalue weighted by molar-refractivity contribution is 7.98. The molecule has 4 rings (SSSR count). The number of benzene rings is 3. The zero-order chi connectivity index (χ0) is 27.2. The molecule has 5 heteroatoms. The fraction of sp³-hybridized carbons (Fsp3) is 0.364. The van der Waals surface area contributed by atoms with Gasteiger partial charge in [-0.2, -0.15) is 11.8 Å². The van der Waals surface area contributed by atoms with Gasteiger partial charge >= 0.3 is 5.97 Å². The van der Waals surface area contributed by atoms with Gasteiger partial charge in [-0.05, 0) is 115 Å². The van der Waals surface area contributed by atoms with E-state index < -0.39 is 0 Å². The molecular formula is C33H39NO3S. The molecule has 0 heterocycles. The average molecular weight is 530 g/mol. The summed E-state index contributed by atoms with van der Waals surface area (Å²) < 4.78 is 10.7. The quantitative estimate of drug-likeness (QED) is 0.160. The summed E-state index contributed by atoms with van der Waals surface area (Å²) in [6, 6.07) is 21.8. The first-order valence-electron chi connectivity index (χ1n) is 13.2. The van der Waals surface area contributed by atoms with Crippen LogP contribution < -0.4 is 10.1 Å². The maximum Gasteiger partial charge on any atom is 0.305 e. The van der Waals surface area contributed by atoms with Crippen LogP contribution in [0.3, 0.4) is 0 Å². The topological polar surface area (TPSA) is 47.6 Å². The number of hydrogen-bond acceptors (Lipinski definition) is 5. The molecule has 3 aromatic carbocycles. The highest BCUT2D eigenvalue weighted by atomic mass is 32.2. The number of hydrogen-bond donors (Lipinski definition) is 1. The lowest BCUT2D eigenvalue weighted by molar-refractivity contribution is -0.140. The maximum atomic E-state index is 11.4. The molecule has 1 N–H and O–H groups in total. The third-order valence-electron chi connectivity index (χ3n) is 6.49. The van der Waals surface area contributed by atoms with Crippen LogP contribution >= 0.6 is 11.8 Å². The lowest BCUT2D eigenvalue weighted by Gasteiger charge is -2.14. The summed E-state index contributed by atoms with van der Waals surface area (Å²) in [5.41, 5.74) is 8.98. The van der Waals surface area contributed by atoms with Gasteiger partial charge in [0.2, 0.25) is 0 Å². The standard InChI is InChI=1S/C30H35NO3S.C3H4/c1-33-30(32)16-10-22-8-12-26(13-9-22)31-21-23-7-11-24-5-3-6-25-20-27(34-17-4-18-35-2)14-15-28(25)29(24)19-23;1-3-2/h7-9,11-15,19-20,31H,3-6,10,16-18,21H2,1-2H3;1H,2H3. The molecule has 200 valence electrons. The Bertz CT molecular complexity index is 1210. The van der Waals surface area contributed by atoms with Gasteiger partial charge in [0.05, 0.1) is 13.7 Å². The molecular weight excluding hydrogens is 490 g/mol. The third-order valence-corrected chi connectivity index (χ3v) is 7.19. The molecule has 0 aromatic heterocycles. The molecule has 0 radical (unpaired) electrons. The second-order valence-electron chi connectivity index (χ2n) is 9.27. The minimum absolute atomic E-state index is 0.174. The Hall–Kier alpha value is -3.36. The Morgan fingerprint density at radius 2 is 1.74 bits per heavy atom. The summed E-state index contributed by atoms with van der Waals surface area (Å²) in [5, 5.41) is 3.54. The number of methoxy groups -OCH3 is 1. The fourth-order valence-corrected chi connectivity index (χ4v) is 4.94. The van der Waals surface area contributed by atoms with Crippen LogP contribution in [0.1, 0.15) is 48.4 Å². The molecule has 0 fully saturated rings. The van der Waals surface area contributed by atoms with Crippen LogP contribution in [-0.4, -0.2) is 31.7 Å². The van der Waals surface area contributed by atoms with Gasteiger partial charge in [0.15, 0.2) is 0 Å². The van der Waals surface area contributed by atoms with Gasteiger partial charge in [-0.3, -0.25) is 4.79 Å². The number of terminal acetylenes is 1. The fourth-order valence-electron chi connectivity index (χ4n) is 4.54. The normalized spacial score (nSPS) is 11.5. The highest BCUT2D eigenvalue weighted by Crippen LogP contribution is 2.35. The number of carbonyl (C=O) groups is 1. The maximum absolute atomic E-state index is 11.4. The van der Waals surface area contributed by atoms with Crippen molar-refractivity contribution in [1.82, 2.24) is 0 Å². The SMILES string of the molecule is C#CC.COC(=O)CCc1ccc(NCc2ccc3c(c2)-c2ccc(OCCCSC)cc2CCC3)cc1. The number of esters is 1. The molecule has 1 aliphatic carbocycles. The van der Waals surface area contributed by atoms with Crippen LogP contribution in [0.5, 0.6) is 5.75 Å². The number of carbonyl (C=O) groups excluding carboxylic acids is 1. The minimum atomic E-state index is -0.174. The lowest BCUT2D eigenvalue weighted by atomic mass is 9.94. The van der Waals surface area contributed by atoms with Crippen molar-refractivity contribution in [2.75, 3.05) is 31.0 Å². The number of anilines is 1. The number of ether oxygens (including phenoxy) is 2. The number of fused-ring (bicyclic) bond motifs is 3. The number of thioether (sulfide) groups is 1. The van der Waals surface area contributed by atoms with Crippen molar-refractivity contribution in [1.29, 1.82) is 0 Å². The van der Waals surface area contributed by atoms with E-state index in [2.05, 4.69) is 84.6 Å². The van der Waals surface area contributed by atoms with Gasteiger partial charge in [0, 0.05) is 18.7 Å². The van der Waals surface area contributed by atoms with E-state index in [0.717, 1.165) is 61.6 Å². The van der Waals surface area contributed by atoms with Crippen LogP contribution in [0.4, 0.5) is 5.69 Å². The summed E-state index contributed by atoms with van der Waals surface area (Å²) in [7, 11) is 1.43. The summed E-state index contributed by atoms with van der Waals surface area (Å²) in [4.78, 5) is 11.4. The molecule has 0 saturated carbocycles. The zero-order valence-corrected chi connectivity index (χ0v) is 23.7. The smallest absolute Gasteiger partial charge is 0.305 e. The largest absolute Gasteiger partial charge is 0.494 e. The van der Waals surface area contributed by atoms with Crippen molar-refractivity contribution in [2.24, 2.45) is 0 Å². The molecule has 1 aliphatic rings. The molecule has 0 unspecified atom stereocenters. The van der Waals surface area contributed by atoms with E-state index in [4.69, 9.17) is 9.47 Å². The van der Waals surface area contributed by atoms with Gasteiger partial charge in [-0.15, -0.1) is 12.3 Å². The van der Waals surface area contributed by atoms with Crippen molar-refractivity contribution in [3.05, 3.63) is 82.9 Å². The van der Waals surface area contributed by atoms with Crippen LogP contribution in [0.15, 0.2) is 60.7 Å². The predicted molar refractivity (Wildman–Crippen MR) is 161 cm³/mol. The molecule has 0 saturated heterocycles. The monoisotopic (exact) mass is 529 g/mol. The number of rotatable bonds is 11. The molecule has 0 spiro atoms. The Morgan fingerprint density at radius 1 is 1.00 bits per heavy atom. The predicted octanol–water partition coefficient (Wildman–Crippen LogP) is 7.33. The van der Waals surface area contributed by atoms with Gasteiger partial charge in [-0.1, -0.05) is 30.3 Å². The summed E-state index contributed by atoms with van der Waals surface area (Å²) in [6.45, 7) is 3.19. The Morgan fingerprint density at radius 3 is 2.47 bits per heavy atom. The molecule has 0 atom stereocenters. The first-order chi connectivity index (χ1) is 18.6. The van der Waals surface area contributed by atoms with E-state index in [-0.39, 0.29) is 5.97 Å². The van der Waals surface area contributed by atoms with Crippen molar-refractivity contribution >= 4 is 23.4 Å².